The smallest absolute Gasteiger partial charge is 0.139 e. The summed E-state index contributed by atoms with van der Waals surface area (Å²) in [6.45, 7) is 6.72. The largest absolute Gasteiger partial charge is 0.327 e. The van der Waals surface area contributed by atoms with Crippen LogP contribution in [0.15, 0.2) is 0 Å². The molecule has 0 aromatic carbocycles. The van der Waals surface area contributed by atoms with E-state index in [4.69, 9.17) is 0 Å². The zero-order chi connectivity index (χ0) is 17.0. The zero-order valence-corrected chi connectivity index (χ0v) is 16.5. The Labute approximate surface area is 147 Å². The predicted molar refractivity (Wildman–Crippen MR) is 105 cm³/mol. The Hall–Kier alpha value is -0.480. The third kappa shape index (κ3) is 19.5. The lowest BCUT2D eigenvalue weighted by Gasteiger charge is -2.10. The lowest BCUT2D eigenvalue weighted by molar-refractivity contribution is -0.872. The van der Waals surface area contributed by atoms with E-state index in [1.807, 2.05) is 0 Å². The topological polar surface area (TPSA) is 4.44 Å². The van der Waals surface area contributed by atoms with Crippen molar-refractivity contribution < 1.29 is 4.90 Å². The normalized spacial score (nSPS) is 12.0. The molecule has 0 saturated carbocycles. The van der Waals surface area contributed by atoms with Gasteiger partial charge in [0, 0.05) is 6.42 Å². The molecule has 1 nitrogen and oxygen atoms in total. The van der Waals surface area contributed by atoms with Gasteiger partial charge in [0.15, 0.2) is 0 Å². The molecule has 0 saturated heterocycles. The van der Waals surface area contributed by atoms with Gasteiger partial charge in [-0.15, -0.1) is 0 Å². The fourth-order valence-electron chi connectivity index (χ4n) is 3.05. The lowest BCUT2D eigenvalue weighted by atomic mass is 10.0. The van der Waals surface area contributed by atoms with Crippen molar-refractivity contribution in [3.63, 3.8) is 0 Å². The van der Waals surface area contributed by atoms with Gasteiger partial charge in [0.2, 0.25) is 0 Å². The first kappa shape index (κ1) is 22.5. The molecular weight excluding hydrogens is 278 g/mol. The van der Waals surface area contributed by atoms with Gasteiger partial charge in [-0.25, -0.2) is 0 Å². The van der Waals surface area contributed by atoms with E-state index in [0.29, 0.717) is 0 Å². The van der Waals surface area contributed by atoms with Crippen LogP contribution in [0.1, 0.15) is 110 Å². The quantitative estimate of drug-likeness (QED) is 0.287. The Morgan fingerprint density at radius 3 is 1.43 bits per heavy atom. The maximum Gasteiger partial charge on any atom is 0.139 e. The van der Waals surface area contributed by atoms with E-state index >= 15 is 0 Å². The van der Waals surface area contributed by atoms with Gasteiger partial charge in [0.05, 0.1) is 13.6 Å². The molecule has 0 amide bonds. The summed E-state index contributed by atoms with van der Waals surface area (Å²) < 4.78 is 0. The minimum absolute atomic E-state index is 0.992. The van der Waals surface area contributed by atoms with Crippen LogP contribution in [-0.4, -0.2) is 20.1 Å². The highest BCUT2D eigenvalue weighted by Crippen LogP contribution is 2.12. The number of quaternary nitrogens is 1. The number of unbranched alkanes of at least 4 members (excludes halogenated alkanes) is 13. The average Bonchev–Trinajstić information content (AvgIpc) is 2.55. The van der Waals surface area contributed by atoms with E-state index < -0.39 is 0 Å². The number of hydrogen-bond donors (Lipinski definition) is 1. The van der Waals surface area contributed by atoms with Crippen LogP contribution < -0.4 is 4.90 Å². The molecule has 136 valence electrons. The van der Waals surface area contributed by atoms with Crippen molar-refractivity contribution in [2.24, 2.45) is 0 Å². The molecule has 1 N–H and O–H groups in total. The molecule has 0 radical (unpaired) electrons. The highest BCUT2D eigenvalue weighted by molar-refractivity contribution is 4.97. The molecule has 0 spiro atoms. The number of hydrogen-bond acceptors (Lipinski definition) is 0. The first-order valence-electron chi connectivity index (χ1n) is 10.6. The molecule has 0 aromatic heterocycles. The highest BCUT2D eigenvalue weighted by atomic mass is 15.1. The Kier molecular flexibility index (Phi) is 19.2. The molecule has 1 heteroatoms. The standard InChI is InChI=1S/C22H43N/c1-4-6-8-9-10-11-12-13-14-15-16-17-18-20-22-23(3)21-19-7-5-2/h4-6,8-18,20-22H2,1-3H3/p+1. The fourth-order valence-corrected chi connectivity index (χ4v) is 3.05. The number of rotatable bonds is 16. The first-order valence-corrected chi connectivity index (χ1v) is 10.6. The van der Waals surface area contributed by atoms with E-state index in [1.54, 1.807) is 4.90 Å². The van der Waals surface area contributed by atoms with Crippen LogP contribution in [-0.2, 0) is 0 Å². The van der Waals surface area contributed by atoms with Crippen LogP contribution in [0.4, 0.5) is 0 Å². The van der Waals surface area contributed by atoms with Crippen LogP contribution in [0, 0.1) is 11.8 Å². The van der Waals surface area contributed by atoms with Crippen molar-refractivity contribution in [1.29, 1.82) is 0 Å². The van der Waals surface area contributed by atoms with Crippen LogP contribution in [0.25, 0.3) is 0 Å². The summed E-state index contributed by atoms with van der Waals surface area (Å²) in [6, 6.07) is 0. The van der Waals surface area contributed by atoms with Crippen molar-refractivity contribution >= 4 is 0 Å². The van der Waals surface area contributed by atoms with Crippen molar-refractivity contribution in [2.45, 2.75) is 110 Å². The lowest BCUT2D eigenvalue weighted by Crippen LogP contribution is -3.08. The Morgan fingerprint density at radius 2 is 1.00 bits per heavy atom. The molecule has 0 aliphatic heterocycles. The van der Waals surface area contributed by atoms with Crippen LogP contribution in [0.3, 0.4) is 0 Å². The average molecular weight is 323 g/mol. The molecule has 0 aliphatic rings. The van der Waals surface area contributed by atoms with E-state index in [0.717, 1.165) is 13.0 Å². The molecular formula is C22H44N+. The molecule has 1 atom stereocenters. The van der Waals surface area contributed by atoms with Gasteiger partial charge in [-0.05, 0) is 18.8 Å². The van der Waals surface area contributed by atoms with E-state index in [2.05, 4.69) is 32.7 Å². The second-order valence-corrected chi connectivity index (χ2v) is 7.19. The molecule has 0 rings (SSSR count). The van der Waals surface area contributed by atoms with Gasteiger partial charge in [0.25, 0.3) is 0 Å². The molecule has 0 fully saturated rings. The van der Waals surface area contributed by atoms with Crippen molar-refractivity contribution in [2.75, 3.05) is 20.1 Å². The maximum atomic E-state index is 3.25. The van der Waals surface area contributed by atoms with Gasteiger partial charge >= 0.3 is 0 Å². The molecule has 0 heterocycles. The molecule has 0 aliphatic carbocycles. The fraction of sp³-hybridized carbons (Fsp3) is 0.909. The molecule has 23 heavy (non-hydrogen) atoms. The summed E-state index contributed by atoms with van der Waals surface area (Å²) in [5, 5.41) is 0. The van der Waals surface area contributed by atoms with Gasteiger partial charge in [-0.1, -0.05) is 96.8 Å². The SMILES string of the molecule is CCC#CC[NH+](C)CCCCCCCCCCCCCCCC. The summed E-state index contributed by atoms with van der Waals surface area (Å²) in [5.41, 5.74) is 0. The van der Waals surface area contributed by atoms with Gasteiger partial charge in [0.1, 0.15) is 6.54 Å². The van der Waals surface area contributed by atoms with Gasteiger partial charge in [-0.2, -0.15) is 0 Å². The highest BCUT2D eigenvalue weighted by Gasteiger charge is 1.99. The summed E-state index contributed by atoms with van der Waals surface area (Å²) in [4.78, 5) is 1.57. The summed E-state index contributed by atoms with van der Waals surface area (Å²) in [5.74, 6) is 6.41. The van der Waals surface area contributed by atoms with Crippen LogP contribution in [0.5, 0.6) is 0 Å². The Balaban J connectivity index is 3.10. The van der Waals surface area contributed by atoms with Crippen molar-refractivity contribution in [1.82, 2.24) is 0 Å². The zero-order valence-electron chi connectivity index (χ0n) is 16.5. The number of nitrogens with one attached hydrogen (secondary N) is 1. The van der Waals surface area contributed by atoms with Crippen molar-refractivity contribution in [3.05, 3.63) is 0 Å². The maximum absolute atomic E-state index is 3.25. The Morgan fingerprint density at radius 1 is 0.565 bits per heavy atom. The third-order valence-corrected chi connectivity index (χ3v) is 4.65. The monoisotopic (exact) mass is 322 g/mol. The van der Waals surface area contributed by atoms with E-state index in [1.165, 1.54) is 96.4 Å². The third-order valence-electron chi connectivity index (χ3n) is 4.65. The van der Waals surface area contributed by atoms with Gasteiger partial charge < -0.3 is 4.90 Å². The minimum atomic E-state index is 0.992. The van der Waals surface area contributed by atoms with E-state index in [-0.39, 0.29) is 0 Å². The predicted octanol–water partition coefficient (Wildman–Crippen LogP) is 5.40. The molecule has 1 unspecified atom stereocenters. The Bertz CT molecular complexity index is 273. The van der Waals surface area contributed by atoms with Gasteiger partial charge in [-0.3, -0.25) is 0 Å². The van der Waals surface area contributed by atoms with Crippen LogP contribution in [0.2, 0.25) is 0 Å². The van der Waals surface area contributed by atoms with E-state index in [9.17, 15) is 0 Å². The summed E-state index contributed by atoms with van der Waals surface area (Å²) in [6.07, 6.45) is 21.2. The second-order valence-electron chi connectivity index (χ2n) is 7.19. The first-order chi connectivity index (χ1) is 11.3. The minimum Gasteiger partial charge on any atom is -0.327 e. The molecule has 0 bridgehead atoms. The van der Waals surface area contributed by atoms with Crippen LogP contribution >= 0.6 is 0 Å². The molecule has 0 aromatic rings. The van der Waals surface area contributed by atoms with Crippen molar-refractivity contribution in [3.8, 4) is 11.8 Å². The summed E-state index contributed by atoms with van der Waals surface area (Å²) >= 11 is 0. The second kappa shape index (κ2) is 19.6. The summed E-state index contributed by atoms with van der Waals surface area (Å²) in [7, 11) is 2.27.